The maximum absolute atomic E-state index is 12.2. The molecule has 0 atom stereocenters. The first kappa shape index (κ1) is 27.3. The van der Waals surface area contributed by atoms with E-state index >= 15 is 0 Å². The average molecular weight is 541 g/mol. The van der Waals surface area contributed by atoms with Gasteiger partial charge in [0.25, 0.3) is 5.91 Å². The van der Waals surface area contributed by atoms with E-state index in [9.17, 15) is 9.59 Å². The van der Waals surface area contributed by atoms with Crippen molar-refractivity contribution < 1.29 is 14.3 Å². The molecular formula is C31H36N6O3. The highest BCUT2D eigenvalue weighted by Gasteiger charge is 2.22. The number of hydrogen-bond acceptors (Lipinski definition) is 7. The molecule has 9 nitrogen and oxygen atoms in total. The van der Waals surface area contributed by atoms with Gasteiger partial charge < -0.3 is 19.5 Å². The molecule has 208 valence electrons. The number of likely N-dealkylation sites (tertiary alicyclic amines) is 1. The van der Waals surface area contributed by atoms with Crippen molar-refractivity contribution in [2.45, 2.75) is 25.3 Å². The standard InChI is InChI=1S/C31H36N6O3/c1-35(2)31(39)23-7-5-21(6-8-23)22-12-15-37(16-13-22)20-25-17-27-26(11-14-32-30(27)36(25)3)24-9-10-28(33-18-24)34-19-29(38)40-4/h5-11,14,17-18,22H,12-13,15-16,19-20H2,1-4H3,(H,33,34). The van der Waals surface area contributed by atoms with Crippen LogP contribution in [0.1, 0.15) is 40.4 Å². The lowest BCUT2D eigenvalue weighted by molar-refractivity contribution is -0.138. The molecule has 0 spiro atoms. The van der Waals surface area contributed by atoms with Gasteiger partial charge in [-0.25, -0.2) is 9.97 Å². The predicted octanol–water partition coefficient (Wildman–Crippen LogP) is 4.30. The number of nitrogens with zero attached hydrogens (tertiary/aromatic N) is 5. The summed E-state index contributed by atoms with van der Waals surface area (Å²) in [6.07, 6.45) is 5.84. The molecule has 4 heterocycles. The number of rotatable bonds is 8. The Morgan fingerprint density at radius 2 is 1.80 bits per heavy atom. The summed E-state index contributed by atoms with van der Waals surface area (Å²) in [7, 11) is 7.00. The lowest BCUT2D eigenvalue weighted by Gasteiger charge is -2.32. The Morgan fingerprint density at radius 1 is 1.05 bits per heavy atom. The molecule has 0 bridgehead atoms. The van der Waals surface area contributed by atoms with Gasteiger partial charge in [-0.15, -0.1) is 0 Å². The second kappa shape index (κ2) is 11.9. The van der Waals surface area contributed by atoms with Gasteiger partial charge in [0.15, 0.2) is 0 Å². The van der Waals surface area contributed by atoms with Crippen molar-refractivity contribution in [3.63, 3.8) is 0 Å². The molecule has 1 N–H and O–H groups in total. The molecule has 5 rings (SSSR count). The van der Waals surface area contributed by atoms with Gasteiger partial charge >= 0.3 is 5.97 Å². The summed E-state index contributed by atoms with van der Waals surface area (Å²) < 4.78 is 6.86. The Hall–Kier alpha value is -4.24. The van der Waals surface area contributed by atoms with Gasteiger partial charge in [-0.2, -0.15) is 0 Å². The number of ether oxygens (including phenoxy) is 1. The molecule has 1 amide bonds. The average Bonchev–Trinajstić information content (AvgIpc) is 3.31. The topological polar surface area (TPSA) is 92.6 Å². The van der Waals surface area contributed by atoms with E-state index < -0.39 is 0 Å². The number of piperidine rings is 1. The number of methoxy groups -OCH3 is 1. The van der Waals surface area contributed by atoms with E-state index in [0.29, 0.717) is 11.7 Å². The first-order chi connectivity index (χ1) is 19.3. The quantitative estimate of drug-likeness (QED) is 0.333. The Morgan fingerprint density at radius 3 is 2.45 bits per heavy atom. The number of esters is 1. The summed E-state index contributed by atoms with van der Waals surface area (Å²) in [5, 5.41) is 4.07. The number of amides is 1. The monoisotopic (exact) mass is 540 g/mol. The van der Waals surface area contributed by atoms with Crippen molar-refractivity contribution in [1.29, 1.82) is 0 Å². The van der Waals surface area contributed by atoms with E-state index in [0.717, 1.165) is 60.2 Å². The first-order valence-electron chi connectivity index (χ1n) is 13.6. The fraction of sp³-hybridized carbons (Fsp3) is 0.355. The number of carbonyl (C=O) groups excluding carboxylic acids is 2. The van der Waals surface area contributed by atoms with Gasteiger partial charge in [0.05, 0.1) is 7.11 Å². The molecule has 1 aliphatic rings. The summed E-state index contributed by atoms with van der Waals surface area (Å²) in [5.74, 6) is 0.831. The minimum Gasteiger partial charge on any atom is -0.468 e. The molecule has 1 aliphatic heterocycles. The maximum Gasteiger partial charge on any atom is 0.325 e. The molecule has 0 aliphatic carbocycles. The number of carbonyl (C=O) groups is 2. The molecule has 40 heavy (non-hydrogen) atoms. The number of aryl methyl sites for hydroxylation is 1. The smallest absolute Gasteiger partial charge is 0.325 e. The molecule has 3 aromatic heterocycles. The van der Waals surface area contributed by atoms with E-state index in [1.54, 1.807) is 19.0 Å². The van der Waals surface area contributed by atoms with E-state index in [-0.39, 0.29) is 18.4 Å². The van der Waals surface area contributed by atoms with Gasteiger partial charge in [0, 0.05) is 62.3 Å². The van der Waals surface area contributed by atoms with Crippen LogP contribution in [0.5, 0.6) is 0 Å². The lowest BCUT2D eigenvalue weighted by atomic mass is 9.89. The third-order valence-corrected chi connectivity index (χ3v) is 7.75. The molecule has 0 saturated carbocycles. The number of fused-ring (bicyclic) bond motifs is 1. The Bertz CT molecular complexity index is 1490. The molecule has 1 fully saturated rings. The number of aromatic nitrogens is 3. The number of benzene rings is 1. The summed E-state index contributed by atoms with van der Waals surface area (Å²) in [6, 6.07) is 16.3. The predicted molar refractivity (Wildman–Crippen MR) is 156 cm³/mol. The van der Waals surface area contributed by atoms with Crippen molar-refractivity contribution in [1.82, 2.24) is 24.3 Å². The van der Waals surface area contributed by atoms with Crippen LogP contribution in [0.3, 0.4) is 0 Å². The molecule has 9 heteroatoms. The van der Waals surface area contributed by atoms with Crippen LogP contribution in [0.25, 0.3) is 22.2 Å². The van der Waals surface area contributed by atoms with Gasteiger partial charge in [-0.1, -0.05) is 12.1 Å². The van der Waals surface area contributed by atoms with Gasteiger partial charge in [-0.05, 0) is 79.4 Å². The Labute approximate surface area is 234 Å². The van der Waals surface area contributed by atoms with Gasteiger partial charge in [-0.3, -0.25) is 14.5 Å². The SMILES string of the molecule is COC(=O)CNc1ccc(-c2ccnc3c2cc(CN2CCC(c4ccc(C(=O)N(C)C)cc4)CC2)n3C)cn1. The molecule has 0 unspecified atom stereocenters. The highest BCUT2D eigenvalue weighted by atomic mass is 16.5. The van der Waals surface area contributed by atoms with E-state index in [2.05, 4.69) is 54.7 Å². The minimum atomic E-state index is -0.338. The fourth-order valence-corrected chi connectivity index (χ4v) is 5.38. The van der Waals surface area contributed by atoms with Crippen LogP contribution in [0, 0.1) is 0 Å². The van der Waals surface area contributed by atoms with E-state index in [1.807, 2.05) is 42.7 Å². The number of anilines is 1. The zero-order valence-corrected chi connectivity index (χ0v) is 23.6. The highest BCUT2D eigenvalue weighted by molar-refractivity contribution is 5.94. The second-order valence-corrected chi connectivity index (χ2v) is 10.5. The van der Waals surface area contributed by atoms with Crippen molar-refractivity contribution in [2.75, 3.05) is 46.2 Å². The molecule has 1 saturated heterocycles. The second-order valence-electron chi connectivity index (χ2n) is 10.5. The Kier molecular flexibility index (Phi) is 8.11. The summed E-state index contributed by atoms with van der Waals surface area (Å²) in [4.78, 5) is 36.9. The molecular weight excluding hydrogens is 504 g/mol. The van der Waals surface area contributed by atoms with E-state index in [1.165, 1.54) is 18.4 Å². The number of hydrogen-bond donors (Lipinski definition) is 1. The first-order valence-corrected chi connectivity index (χ1v) is 13.6. The summed E-state index contributed by atoms with van der Waals surface area (Å²) in [6.45, 7) is 2.99. The van der Waals surface area contributed by atoms with Crippen LogP contribution in [0.15, 0.2) is 60.9 Å². The van der Waals surface area contributed by atoms with Gasteiger partial charge in [0.1, 0.15) is 18.0 Å². The Balaban J connectivity index is 1.25. The molecule has 0 radical (unpaired) electrons. The van der Waals surface area contributed by atoms with Crippen molar-refractivity contribution in [3.8, 4) is 11.1 Å². The van der Waals surface area contributed by atoms with Crippen molar-refractivity contribution in [2.24, 2.45) is 7.05 Å². The van der Waals surface area contributed by atoms with Crippen molar-refractivity contribution in [3.05, 3.63) is 77.7 Å². The highest BCUT2D eigenvalue weighted by Crippen LogP contribution is 2.32. The molecule has 1 aromatic carbocycles. The number of pyridine rings is 2. The largest absolute Gasteiger partial charge is 0.468 e. The van der Waals surface area contributed by atoms with Crippen LogP contribution in [-0.2, 0) is 23.1 Å². The maximum atomic E-state index is 12.2. The number of nitrogens with one attached hydrogen (secondary N) is 1. The fourth-order valence-electron chi connectivity index (χ4n) is 5.38. The van der Waals surface area contributed by atoms with Crippen LogP contribution in [0.4, 0.5) is 5.82 Å². The normalized spacial score (nSPS) is 14.3. The van der Waals surface area contributed by atoms with Gasteiger partial charge in [0.2, 0.25) is 0 Å². The van der Waals surface area contributed by atoms with E-state index in [4.69, 9.17) is 0 Å². The van der Waals surface area contributed by atoms with Crippen LogP contribution < -0.4 is 5.32 Å². The summed E-state index contributed by atoms with van der Waals surface area (Å²) in [5.41, 5.74) is 6.29. The lowest BCUT2D eigenvalue weighted by Crippen LogP contribution is -2.33. The zero-order valence-electron chi connectivity index (χ0n) is 23.6. The van der Waals surface area contributed by atoms with Crippen LogP contribution in [-0.4, -0.2) is 77.1 Å². The third kappa shape index (κ3) is 5.84. The minimum absolute atomic E-state index is 0.0369. The third-order valence-electron chi connectivity index (χ3n) is 7.75. The van der Waals surface area contributed by atoms with Crippen LogP contribution >= 0.6 is 0 Å². The summed E-state index contributed by atoms with van der Waals surface area (Å²) >= 11 is 0. The van der Waals surface area contributed by atoms with Crippen molar-refractivity contribution >= 4 is 28.7 Å². The molecule has 4 aromatic rings. The zero-order chi connectivity index (χ0) is 28.2. The van der Waals surface area contributed by atoms with Crippen LogP contribution in [0.2, 0.25) is 0 Å².